The summed E-state index contributed by atoms with van der Waals surface area (Å²) in [7, 11) is 0. The van der Waals surface area contributed by atoms with Crippen LogP contribution in [-0.2, 0) is 4.79 Å². The first-order valence-corrected chi connectivity index (χ1v) is 8.17. The summed E-state index contributed by atoms with van der Waals surface area (Å²) in [5.74, 6) is 1.91. The second kappa shape index (κ2) is 8.52. The van der Waals surface area contributed by atoms with Crippen LogP contribution in [0.4, 0.5) is 5.69 Å². The van der Waals surface area contributed by atoms with E-state index in [1.54, 1.807) is 0 Å². The minimum atomic E-state index is 0. The molecule has 1 unspecified atom stereocenters. The summed E-state index contributed by atoms with van der Waals surface area (Å²) < 4.78 is 0. The Bertz CT molecular complexity index is 571. The molecule has 0 radical (unpaired) electrons. The molecule has 2 aliphatic rings. The van der Waals surface area contributed by atoms with Gasteiger partial charge in [0, 0.05) is 37.7 Å². The number of nitrogens with zero attached hydrogens (tertiary/aromatic N) is 1. The van der Waals surface area contributed by atoms with E-state index in [9.17, 15) is 4.79 Å². The molecule has 1 aromatic rings. The fraction of sp³-hybridized carbons (Fsp3) is 0.529. The van der Waals surface area contributed by atoms with Crippen LogP contribution < -0.4 is 16.0 Å². The van der Waals surface area contributed by atoms with Gasteiger partial charge in [-0.1, -0.05) is 18.2 Å². The van der Waals surface area contributed by atoms with Gasteiger partial charge in [-0.2, -0.15) is 0 Å². The molecule has 3 N–H and O–H groups in total. The number of nitrogens with one attached hydrogen (secondary N) is 3. The first-order chi connectivity index (χ1) is 10.8. The van der Waals surface area contributed by atoms with Gasteiger partial charge < -0.3 is 16.0 Å². The Morgan fingerprint density at radius 3 is 2.83 bits per heavy atom. The highest BCUT2D eigenvalue weighted by Crippen LogP contribution is 2.31. The summed E-state index contributed by atoms with van der Waals surface area (Å²) in [6.45, 7) is 4.54. The number of amides is 1. The molecule has 6 heteroatoms. The molecule has 0 aromatic heterocycles. The normalized spacial score (nSPS) is 20.1. The molecular weight excluding hydrogens is 403 g/mol. The predicted octanol–water partition coefficient (Wildman–Crippen LogP) is 2.70. The molecule has 0 bridgehead atoms. The highest BCUT2D eigenvalue weighted by molar-refractivity contribution is 14.0. The van der Waals surface area contributed by atoms with Gasteiger partial charge in [0.15, 0.2) is 5.96 Å². The molecule has 1 atom stereocenters. The van der Waals surface area contributed by atoms with Crippen molar-refractivity contribution >= 4 is 41.5 Å². The second-order valence-electron chi connectivity index (χ2n) is 6.08. The van der Waals surface area contributed by atoms with Crippen molar-refractivity contribution < 1.29 is 4.79 Å². The Balaban J connectivity index is 0.00000192. The van der Waals surface area contributed by atoms with Gasteiger partial charge in [-0.15, -0.1) is 24.0 Å². The van der Waals surface area contributed by atoms with Crippen molar-refractivity contribution in [1.29, 1.82) is 0 Å². The number of rotatable bonds is 5. The minimum absolute atomic E-state index is 0. The molecule has 0 saturated heterocycles. The molecule has 1 saturated carbocycles. The lowest BCUT2D eigenvalue weighted by Crippen LogP contribution is -2.40. The van der Waals surface area contributed by atoms with Crippen molar-refractivity contribution in [2.24, 2.45) is 10.9 Å². The molecule has 1 amide bonds. The fourth-order valence-corrected chi connectivity index (χ4v) is 2.77. The number of halogens is 1. The summed E-state index contributed by atoms with van der Waals surface area (Å²) in [5, 5.41) is 9.61. The molecule has 1 fully saturated rings. The molecule has 1 aliphatic heterocycles. The van der Waals surface area contributed by atoms with Crippen LogP contribution in [0.2, 0.25) is 0 Å². The second-order valence-corrected chi connectivity index (χ2v) is 6.08. The average Bonchev–Trinajstić information content (AvgIpc) is 3.34. The van der Waals surface area contributed by atoms with Crippen LogP contribution in [0.5, 0.6) is 0 Å². The van der Waals surface area contributed by atoms with Gasteiger partial charge in [-0.25, -0.2) is 0 Å². The maximum absolute atomic E-state index is 11.8. The predicted molar refractivity (Wildman–Crippen MR) is 105 cm³/mol. The van der Waals surface area contributed by atoms with Crippen LogP contribution >= 0.6 is 24.0 Å². The lowest BCUT2D eigenvalue weighted by molar-refractivity contribution is -0.116. The number of carbonyl (C=O) groups is 1. The highest BCUT2D eigenvalue weighted by atomic mass is 127. The third-order valence-corrected chi connectivity index (χ3v) is 4.17. The van der Waals surface area contributed by atoms with Crippen LogP contribution in [0.25, 0.3) is 0 Å². The quantitative estimate of drug-likeness (QED) is 0.384. The van der Waals surface area contributed by atoms with Gasteiger partial charge in [0.25, 0.3) is 0 Å². The fourth-order valence-electron chi connectivity index (χ4n) is 2.77. The molecule has 1 aromatic carbocycles. The molecular formula is C17H25IN4O. The monoisotopic (exact) mass is 428 g/mol. The Kier molecular flexibility index (Phi) is 6.68. The Morgan fingerprint density at radius 1 is 1.30 bits per heavy atom. The van der Waals surface area contributed by atoms with Crippen molar-refractivity contribution in [3.05, 3.63) is 29.8 Å². The minimum Gasteiger partial charge on any atom is -0.357 e. The van der Waals surface area contributed by atoms with E-state index in [0.29, 0.717) is 6.42 Å². The Morgan fingerprint density at radius 2 is 2.09 bits per heavy atom. The number of carbonyl (C=O) groups excluding carboxylic acids is 1. The number of para-hydroxylation sites is 1. The molecule has 1 heterocycles. The third-order valence-electron chi connectivity index (χ3n) is 4.17. The van der Waals surface area contributed by atoms with Crippen molar-refractivity contribution in [1.82, 2.24) is 10.6 Å². The maximum atomic E-state index is 11.8. The van der Waals surface area contributed by atoms with Gasteiger partial charge >= 0.3 is 0 Å². The SMILES string of the molecule is CCNC(=NCC1CC1)NCC1CC(=O)Nc2ccccc21.I. The number of anilines is 1. The summed E-state index contributed by atoms with van der Waals surface area (Å²) in [5.41, 5.74) is 2.14. The standard InChI is InChI=1S/C17H24N4O.HI/c1-2-18-17(19-10-12-7-8-12)20-11-13-9-16(22)21-15-6-4-3-5-14(13)15;/h3-6,12-13H,2,7-11H2,1H3,(H,21,22)(H2,18,19,20);1H. The van der Waals surface area contributed by atoms with Gasteiger partial charge in [0.05, 0.1) is 0 Å². The number of aliphatic imine (C=N–C) groups is 1. The zero-order chi connectivity index (χ0) is 15.4. The van der Waals surface area contributed by atoms with E-state index in [4.69, 9.17) is 0 Å². The van der Waals surface area contributed by atoms with E-state index < -0.39 is 0 Å². The van der Waals surface area contributed by atoms with Gasteiger partial charge in [0.1, 0.15) is 0 Å². The zero-order valence-corrected chi connectivity index (χ0v) is 15.8. The lowest BCUT2D eigenvalue weighted by Gasteiger charge is -2.26. The Labute approximate surface area is 154 Å². The number of guanidine groups is 1. The largest absolute Gasteiger partial charge is 0.357 e. The van der Waals surface area contributed by atoms with Crippen LogP contribution in [0.1, 0.15) is 37.7 Å². The average molecular weight is 428 g/mol. The zero-order valence-electron chi connectivity index (χ0n) is 13.5. The van der Waals surface area contributed by atoms with E-state index in [-0.39, 0.29) is 35.8 Å². The summed E-state index contributed by atoms with van der Waals surface area (Å²) in [4.78, 5) is 16.5. The van der Waals surface area contributed by atoms with E-state index in [1.807, 2.05) is 18.2 Å². The Hall–Kier alpha value is -1.31. The number of benzene rings is 1. The van der Waals surface area contributed by atoms with Crippen LogP contribution in [-0.4, -0.2) is 31.5 Å². The molecule has 23 heavy (non-hydrogen) atoms. The highest BCUT2D eigenvalue weighted by Gasteiger charge is 2.25. The number of hydrogen-bond acceptors (Lipinski definition) is 2. The third kappa shape index (κ3) is 5.09. The molecule has 0 spiro atoms. The van der Waals surface area contributed by atoms with E-state index in [0.717, 1.165) is 37.2 Å². The molecule has 5 nitrogen and oxygen atoms in total. The van der Waals surface area contributed by atoms with Crippen molar-refractivity contribution in [3.8, 4) is 0 Å². The first kappa shape index (κ1) is 18.0. The van der Waals surface area contributed by atoms with Crippen LogP contribution in [0, 0.1) is 5.92 Å². The number of fused-ring (bicyclic) bond motifs is 1. The van der Waals surface area contributed by atoms with Gasteiger partial charge in [-0.05, 0) is 37.3 Å². The van der Waals surface area contributed by atoms with Crippen molar-refractivity contribution in [2.75, 3.05) is 25.0 Å². The molecule has 1 aliphatic carbocycles. The topological polar surface area (TPSA) is 65.5 Å². The van der Waals surface area contributed by atoms with Crippen molar-refractivity contribution in [3.63, 3.8) is 0 Å². The van der Waals surface area contributed by atoms with Gasteiger partial charge in [0.2, 0.25) is 5.91 Å². The van der Waals surface area contributed by atoms with Gasteiger partial charge in [-0.3, -0.25) is 9.79 Å². The lowest BCUT2D eigenvalue weighted by atomic mass is 9.90. The summed E-state index contributed by atoms with van der Waals surface area (Å²) in [6, 6.07) is 8.03. The summed E-state index contributed by atoms with van der Waals surface area (Å²) in [6.07, 6.45) is 3.13. The maximum Gasteiger partial charge on any atom is 0.225 e. The van der Waals surface area contributed by atoms with Crippen LogP contribution in [0.15, 0.2) is 29.3 Å². The van der Waals surface area contributed by atoms with E-state index in [1.165, 1.54) is 18.4 Å². The number of hydrogen-bond donors (Lipinski definition) is 3. The van der Waals surface area contributed by atoms with Crippen LogP contribution in [0.3, 0.4) is 0 Å². The van der Waals surface area contributed by atoms with E-state index in [2.05, 4.69) is 33.9 Å². The molecule has 3 rings (SSSR count). The summed E-state index contributed by atoms with van der Waals surface area (Å²) >= 11 is 0. The first-order valence-electron chi connectivity index (χ1n) is 8.17. The molecule has 126 valence electrons. The van der Waals surface area contributed by atoms with E-state index >= 15 is 0 Å². The van der Waals surface area contributed by atoms with Crippen molar-refractivity contribution in [2.45, 2.75) is 32.1 Å². The smallest absolute Gasteiger partial charge is 0.225 e.